The van der Waals surface area contributed by atoms with Crippen LogP contribution in [-0.2, 0) is 22.5 Å². The van der Waals surface area contributed by atoms with Crippen LogP contribution in [0.3, 0.4) is 0 Å². The Morgan fingerprint density at radius 1 is 1.43 bits per heavy atom. The van der Waals surface area contributed by atoms with Crippen molar-refractivity contribution in [2.75, 3.05) is 13.2 Å². The van der Waals surface area contributed by atoms with Crippen LogP contribution < -0.4 is 10.9 Å². The predicted octanol–water partition coefficient (Wildman–Crippen LogP) is 1.25. The van der Waals surface area contributed by atoms with Gasteiger partial charge in [-0.25, -0.2) is 4.98 Å². The maximum Gasteiger partial charge on any atom is 0.261 e. The average molecular weight is 315 g/mol. The number of aryl methyl sites for hydroxylation is 1. The zero-order chi connectivity index (χ0) is 16.2. The second-order valence-electron chi connectivity index (χ2n) is 5.73. The Morgan fingerprint density at radius 2 is 2.26 bits per heavy atom. The summed E-state index contributed by atoms with van der Waals surface area (Å²) in [6.07, 6.45) is 2.70. The molecule has 1 aromatic carbocycles. The number of benzene rings is 1. The van der Waals surface area contributed by atoms with Crippen molar-refractivity contribution in [1.29, 1.82) is 0 Å². The second-order valence-corrected chi connectivity index (χ2v) is 5.73. The minimum atomic E-state index is -0.186. The molecule has 1 aliphatic rings. The van der Waals surface area contributed by atoms with Gasteiger partial charge in [0.05, 0.1) is 17.0 Å². The summed E-state index contributed by atoms with van der Waals surface area (Å²) < 4.78 is 6.95. The van der Waals surface area contributed by atoms with Gasteiger partial charge in [0, 0.05) is 19.6 Å². The van der Waals surface area contributed by atoms with E-state index in [0.717, 1.165) is 19.4 Å². The first-order valence-electron chi connectivity index (χ1n) is 8.05. The molecule has 0 spiro atoms. The summed E-state index contributed by atoms with van der Waals surface area (Å²) in [5.74, 6) is 0.440. The number of amides is 1. The summed E-state index contributed by atoms with van der Waals surface area (Å²) in [6.45, 7) is 3.18. The van der Waals surface area contributed by atoms with Crippen LogP contribution in [0.4, 0.5) is 0 Å². The lowest BCUT2D eigenvalue weighted by atomic mass is 10.2. The van der Waals surface area contributed by atoms with Crippen LogP contribution in [-0.4, -0.2) is 34.7 Å². The summed E-state index contributed by atoms with van der Waals surface area (Å²) in [4.78, 5) is 29.3. The molecular weight excluding hydrogens is 294 g/mol. The van der Waals surface area contributed by atoms with Gasteiger partial charge < -0.3 is 10.1 Å². The summed E-state index contributed by atoms with van der Waals surface area (Å²) in [6, 6.07) is 7.22. The van der Waals surface area contributed by atoms with Gasteiger partial charge in [0.25, 0.3) is 5.56 Å². The molecule has 0 radical (unpaired) electrons. The number of carbonyl (C=O) groups is 1. The number of para-hydroxylation sites is 1. The Kier molecular flexibility index (Phi) is 4.71. The average Bonchev–Trinajstić information content (AvgIpc) is 3.09. The van der Waals surface area contributed by atoms with Crippen molar-refractivity contribution in [1.82, 2.24) is 14.9 Å². The van der Waals surface area contributed by atoms with Crippen LogP contribution in [0.5, 0.6) is 0 Å². The third-order valence-corrected chi connectivity index (χ3v) is 4.11. The first-order chi connectivity index (χ1) is 11.2. The number of ether oxygens (including phenoxy) is 1. The molecule has 1 unspecified atom stereocenters. The quantitative estimate of drug-likeness (QED) is 0.901. The van der Waals surface area contributed by atoms with Crippen molar-refractivity contribution < 1.29 is 9.53 Å². The smallest absolute Gasteiger partial charge is 0.261 e. The van der Waals surface area contributed by atoms with E-state index in [4.69, 9.17) is 4.74 Å². The fourth-order valence-corrected chi connectivity index (χ4v) is 2.88. The SMILES string of the molecule is CCc1nc2ccccc2c(=O)n1CC(=O)NCC1CCCO1. The van der Waals surface area contributed by atoms with E-state index in [9.17, 15) is 9.59 Å². The Balaban J connectivity index is 1.79. The zero-order valence-electron chi connectivity index (χ0n) is 13.2. The Morgan fingerprint density at radius 3 is 3.00 bits per heavy atom. The number of carbonyl (C=O) groups excluding carboxylic acids is 1. The minimum Gasteiger partial charge on any atom is -0.376 e. The van der Waals surface area contributed by atoms with Gasteiger partial charge in [0.1, 0.15) is 12.4 Å². The van der Waals surface area contributed by atoms with E-state index in [1.165, 1.54) is 4.57 Å². The zero-order valence-corrected chi connectivity index (χ0v) is 13.2. The first kappa shape index (κ1) is 15.7. The second kappa shape index (κ2) is 6.91. The third-order valence-electron chi connectivity index (χ3n) is 4.11. The van der Waals surface area contributed by atoms with Crippen LogP contribution in [0.25, 0.3) is 10.9 Å². The number of fused-ring (bicyclic) bond motifs is 1. The molecule has 3 rings (SSSR count). The molecule has 6 heteroatoms. The molecule has 1 N–H and O–H groups in total. The van der Waals surface area contributed by atoms with Gasteiger partial charge in [-0.2, -0.15) is 0 Å². The van der Waals surface area contributed by atoms with Crippen LogP contribution >= 0.6 is 0 Å². The lowest BCUT2D eigenvalue weighted by Crippen LogP contribution is -2.37. The fraction of sp³-hybridized carbons (Fsp3) is 0.471. The van der Waals surface area contributed by atoms with Gasteiger partial charge in [-0.1, -0.05) is 19.1 Å². The number of aromatic nitrogens is 2. The maximum atomic E-state index is 12.6. The molecule has 6 nitrogen and oxygen atoms in total. The summed E-state index contributed by atoms with van der Waals surface area (Å²) in [7, 11) is 0. The summed E-state index contributed by atoms with van der Waals surface area (Å²) >= 11 is 0. The van der Waals surface area contributed by atoms with E-state index in [1.54, 1.807) is 12.1 Å². The summed E-state index contributed by atoms with van der Waals surface area (Å²) in [5, 5.41) is 3.39. The monoisotopic (exact) mass is 315 g/mol. The molecule has 1 saturated heterocycles. The van der Waals surface area contributed by atoms with E-state index >= 15 is 0 Å². The molecule has 2 aromatic rings. The topological polar surface area (TPSA) is 73.2 Å². The van der Waals surface area contributed by atoms with Crippen molar-refractivity contribution in [3.05, 3.63) is 40.4 Å². The molecule has 2 heterocycles. The molecule has 1 fully saturated rings. The number of hydrogen-bond donors (Lipinski definition) is 1. The number of nitrogens with zero attached hydrogens (tertiary/aromatic N) is 2. The first-order valence-corrected chi connectivity index (χ1v) is 8.05. The number of hydrogen-bond acceptors (Lipinski definition) is 4. The van der Waals surface area contributed by atoms with Gasteiger partial charge in [-0.15, -0.1) is 0 Å². The molecule has 0 aliphatic carbocycles. The Labute approximate surface area is 134 Å². The normalized spacial score (nSPS) is 17.5. The van der Waals surface area contributed by atoms with Crippen molar-refractivity contribution in [2.24, 2.45) is 0 Å². The van der Waals surface area contributed by atoms with Gasteiger partial charge >= 0.3 is 0 Å². The predicted molar refractivity (Wildman–Crippen MR) is 87.4 cm³/mol. The van der Waals surface area contributed by atoms with Crippen molar-refractivity contribution in [3.63, 3.8) is 0 Å². The molecule has 1 aromatic heterocycles. The van der Waals surface area contributed by atoms with E-state index in [2.05, 4.69) is 10.3 Å². The van der Waals surface area contributed by atoms with Gasteiger partial charge in [-0.3, -0.25) is 14.2 Å². The Bertz CT molecular complexity index is 763. The van der Waals surface area contributed by atoms with Crippen molar-refractivity contribution >= 4 is 16.8 Å². The molecule has 1 atom stereocenters. The molecule has 0 saturated carbocycles. The van der Waals surface area contributed by atoms with Crippen LogP contribution in [0.2, 0.25) is 0 Å². The van der Waals surface area contributed by atoms with Crippen LogP contribution in [0.1, 0.15) is 25.6 Å². The van der Waals surface area contributed by atoms with Crippen molar-refractivity contribution in [2.45, 2.75) is 38.8 Å². The molecule has 0 bridgehead atoms. The van der Waals surface area contributed by atoms with Crippen molar-refractivity contribution in [3.8, 4) is 0 Å². The highest BCUT2D eigenvalue weighted by atomic mass is 16.5. The van der Waals surface area contributed by atoms with E-state index in [0.29, 0.717) is 29.7 Å². The molecule has 122 valence electrons. The standard InChI is InChI=1S/C17H21N3O3/c1-2-15-19-14-8-4-3-7-13(14)17(22)20(15)11-16(21)18-10-12-6-5-9-23-12/h3-4,7-8,12H,2,5-6,9-11H2,1H3,(H,18,21). The van der Waals surface area contributed by atoms with Gasteiger partial charge in [-0.05, 0) is 25.0 Å². The molecule has 1 aliphatic heterocycles. The number of nitrogens with one attached hydrogen (secondary N) is 1. The highest BCUT2D eigenvalue weighted by molar-refractivity contribution is 5.79. The molecule has 23 heavy (non-hydrogen) atoms. The molecular formula is C17H21N3O3. The van der Waals surface area contributed by atoms with Crippen LogP contribution in [0.15, 0.2) is 29.1 Å². The summed E-state index contributed by atoms with van der Waals surface area (Å²) in [5.41, 5.74) is 0.505. The molecule has 1 amide bonds. The van der Waals surface area contributed by atoms with E-state index in [1.807, 2.05) is 19.1 Å². The Hall–Kier alpha value is -2.21. The van der Waals surface area contributed by atoms with Gasteiger partial charge in [0.15, 0.2) is 0 Å². The lowest BCUT2D eigenvalue weighted by molar-refractivity contribution is -0.122. The van der Waals surface area contributed by atoms with E-state index < -0.39 is 0 Å². The highest BCUT2D eigenvalue weighted by Gasteiger charge is 2.17. The fourth-order valence-electron chi connectivity index (χ4n) is 2.88. The largest absolute Gasteiger partial charge is 0.376 e. The maximum absolute atomic E-state index is 12.6. The minimum absolute atomic E-state index is 0.00738. The van der Waals surface area contributed by atoms with Gasteiger partial charge in [0.2, 0.25) is 5.91 Å². The van der Waals surface area contributed by atoms with E-state index in [-0.39, 0.29) is 24.1 Å². The van der Waals surface area contributed by atoms with Crippen LogP contribution in [0, 0.1) is 0 Å². The third kappa shape index (κ3) is 3.42. The highest BCUT2D eigenvalue weighted by Crippen LogP contribution is 2.11. The number of rotatable bonds is 5. The lowest BCUT2D eigenvalue weighted by Gasteiger charge is -2.14.